The van der Waals surface area contributed by atoms with Gasteiger partial charge in [-0.2, -0.15) is 5.10 Å². The number of aromatic nitrogens is 2. The molecule has 0 spiro atoms. The number of nitrogen functional groups attached to an aromatic ring is 1. The fraction of sp³-hybridized carbons (Fsp3) is 0.615. The van der Waals surface area contributed by atoms with Gasteiger partial charge in [0.2, 0.25) is 11.8 Å². The monoisotopic (exact) mass is 279 g/mol. The van der Waals surface area contributed by atoms with Gasteiger partial charge in [-0.15, -0.1) is 0 Å². The Morgan fingerprint density at radius 3 is 2.65 bits per heavy atom. The van der Waals surface area contributed by atoms with Crippen LogP contribution >= 0.6 is 0 Å². The highest BCUT2D eigenvalue weighted by molar-refractivity contribution is 5.85. The summed E-state index contributed by atoms with van der Waals surface area (Å²) in [6.07, 6.45) is 0.799. The molecular formula is C13H21N5O2. The van der Waals surface area contributed by atoms with E-state index in [1.54, 1.807) is 21.5 Å². The maximum atomic E-state index is 12.3. The van der Waals surface area contributed by atoms with Crippen LogP contribution in [0.2, 0.25) is 0 Å². The minimum atomic E-state index is -0.0979. The lowest BCUT2D eigenvalue weighted by atomic mass is 10.3. The first kappa shape index (κ1) is 14.4. The standard InChI is InChI=1S/C13H21N5O2/c1-9-13(14)10(2)18(15-9)8-12(20)17-6-4-5-16(3)11(19)7-17/h4-8,14H2,1-3H3. The third kappa shape index (κ3) is 2.76. The molecule has 1 aromatic rings. The molecule has 1 aliphatic rings. The van der Waals surface area contributed by atoms with Gasteiger partial charge >= 0.3 is 0 Å². The second-order valence-corrected chi connectivity index (χ2v) is 5.23. The van der Waals surface area contributed by atoms with E-state index in [2.05, 4.69) is 5.10 Å². The quantitative estimate of drug-likeness (QED) is 0.810. The average molecular weight is 279 g/mol. The molecule has 1 fully saturated rings. The number of anilines is 1. The van der Waals surface area contributed by atoms with E-state index in [0.717, 1.165) is 17.8 Å². The fourth-order valence-electron chi connectivity index (χ4n) is 2.29. The van der Waals surface area contributed by atoms with Crippen LogP contribution < -0.4 is 5.73 Å². The number of hydrogen-bond acceptors (Lipinski definition) is 4. The van der Waals surface area contributed by atoms with E-state index < -0.39 is 0 Å². The summed E-state index contributed by atoms with van der Waals surface area (Å²) in [5.41, 5.74) is 7.98. The van der Waals surface area contributed by atoms with Crippen LogP contribution in [0.3, 0.4) is 0 Å². The third-order valence-corrected chi connectivity index (χ3v) is 3.75. The van der Waals surface area contributed by atoms with Crippen molar-refractivity contribution in [1.82, 2.24) is 19.6 Å². The molecular weight excluding hydrogens is 258 g/mol. The van der Waals surface area contributed by atoms with Crippen molar-refractivity contribution >= 4 is 17.5 Å². The lowest BCUT2D eigenvalue weighted by Gasteiger charge is -2.20. The van der Waals surface area contributed by atoms with Crippen molar-refractivity contribution in [3.8, 4) is 0 Å². The highest BCUT2D eigenvalue weighted by atomic mass is 16.2. The molecule has 0 aliphatic carbocycles. The summed E-state index contributed by atoms with van der Waals surface area (Å²) in [6.45, 7) is 5.21. The Labute approximate surface area is 118 Å². The molecule has 0 atom stereocenters. The Morgan fingerprint density at radius 2 is 2.05 bits per heavy atom. The highest BCUT2D eigenvalue weighted by Crippen LogP contribution is 2.15. The molecule has 0 saturated carbocycles. The number of nitrogens with zero attached hydrogens (tertiary/aromatic N) is 4. The van der Waals surface area contributed by atoms with Crippen LogP contribution in [0.4, 0.5) is 5.69 Å². The number of hydrogen-bond donors (Lipinski definition) is 1. The SMILES string of the molecule is Cc1nn(CC(=O)N2CCCN(C)C(=O)C2)c(C)c1N. The zero-order chi connectivity index (χ0) is 14.9. The van der Waals surface area contributed by atoms with Gasteiger partial charge in [0.25, 0.3) is 0 Å². The number of carbonyl (C=O) groups excluding carboxylic acids is 2. The van der Waals surface area contributed by atoms with Gasteiger partial charge in [-0.3, -0.25) is 14.3 Å². The number of nitrogens with two attached hydrogens (primary N) is 1. The van der Waals surface area contributed by atoms with Gasteiger partial charge in [-0.1, -0.05) is 0 Å². The molecule has 1 aliphatic heterocycles. The normalized spacial score (nSPS) is 16.4. The molecule has 7 nitrogen and oxygen atoms in total. The summed E-state index contributed by atoms with van der Waals surface area (Å²) in [4.78, 5) is 27.4. The van der Waals surface area contributed by atoms with Crippen molar-refractivity contribution in [3.05, 3.63) is 11.4 Å². The topological polar surface area (TPSA) is 84.5 Å². The minimum absolute atomic E-state index is 0.0243. The van der Waals surface area contributed by atoms with Gasteiger partial charge in [0.1, 0.15) is 6.54 Å². The van der Waals surface area contributed by atoms with Crippen molar-refractivity contribution in [2.24, 2.45) is 0 Å². The molecule has 2 rings (SSSR count). The molecule has 20 heavy (non-hydrogen) atoms. The molecule has 0 radical (unpaired) electrons. The van der Waals surface area contributed by atoms with Gasteiger partial charge in [-0.25, -0.2) is 0 Å². The summed E-state index contributed by atoms with van der Waals surface area (Å²) in [6, 6.07) is 0. The van der Waals surface area contributed by atoms with Crippen molar-refractivity contribution in [2.75, 3.05) is 32.4 Å². The molecule has 0 aromatic carbocycles. The van der Waals surface area contributed by atoms with Crippen LogP contribution in [-0.4, -0.2) is 58.1 Å². The maximum Gasteiger partial charge on any atom is 0.244 e. The molecule has 7 heteroatoms. The fourth-order valence-corrected chi connectivity index (χ4v) is 2.29. The first-order valence-electron chi connectivity index (χ1n) is 6.71. The van der Waals surface area contributed by atoms with E-state index in [0.29, 0.717) is 18.8 Å². The number of carbonyl (C=O) groups is 2. The van der Waals surface area contributed by atoms with E-state index in [4.69, 9.17) is 5.73 Å². The van der Waals surface area contributed by atoms with E-state index in [9.17, 15) is 9.59 Å². The summed E-state index contributed by atoms with van der Waals surface area (Å²) < 4.78 is 1.60. The van der Waals surface area contributed by atoms with E-state index in [-0.39, 0.29) is 24.9 Å². The number of aryl methyl sites for hydroxylation is 1. The molecule has 1 aromatic heterocycles. The van der Waals surface area contributed by atoms with Crippen molar-refractivity contribution < 1.29 is 9.59 Å². The summed E-state index contributed by atoms with van der Waals surface area (Å²) >= 11 is 0. The van der Waals surface area contributed by atoms with Crippen LogP contribution in [0.1, 0.15) is 17.8 Å². The van der Waals surface area contributed by atoms with Gasteiger partial charge < -0.3 is 15.5 Å². The predicted octanol–water partition coefficient (Wildman–Crippen LogP) is -0.227. The van der Waals surface area contributed by atoms with Crippen LogP contribution in [0, 0.1) is 13.8 Å². The van der Waals surface area contributed by atoms with E-state index >= 15 is 0 Å². The van der Waals surface area contributed by atoms with Crippen LogP contribution in [0.5, 0.6) is 0 Å². The van der Waals surface area contributed by atoms with Gasteiger partial charge in [0, 0.05) is 20.1 Å². The van der Waals surface area contributed by atoms with Crippen molar-refractivity contribution in [1.29, 1.82) is 0 Å². The number of likely N-dealkylation sites (N-methyl/N-ethyl adjacent to an activating group) is 1. The van der Waals surface area contributed by atoms with Gasteiger partial charge in [-0.05, 0) is 20.3 Å². The number of amides is 2. The first-order chi connectivity index (χ1) is 9.40. The van der Waals surface area contributed by atoms with Crippen molar-refractivity contribution in [2.45, 2.75) is 26.8 Å². The van der Waals surface area contributed by atoms with Crippen LogP contribution in [0.15, 0.2) is 0 Å². The molecule has 0 bridgehead atoms. The van der Waals surface area contributed by atoms with Gasteiger partial charge in [0.15, 0.2) is 0 Å². The Hall–Kier alpha value is -2.05. The minimum Gasteiger partial charge on any atom is -0.396 e. The Balaban J connectivity index is 2.07. The van der Waals surface area contributed by atoms with Crippen LogP contribution in [-0.2, 0) is 16.1 Å². The molecule has 1 saturated heterocycles. The third-order valence-electron chi connectivity index (χ3n) is 3.75. The van der Waals surface area contributed by atoms with Gasteiger partial charge in [0.05, 0.1) is 23.6 Å². The molecule has 0 unspecified atom stereocenters. The second-order valence-electron chi connectivity index (χ2n) is 5.23. The lowest BCUT2D eigenvalue weighted by Crippen LogP contribution is -2.39. The zero-order valence-electron chi connectivity index (χ0n) is 12.2. The summed E-state index contributed by atoms with van der Waals surface area (Å²) in [7, 11) is 1.76. The van der Waals surface area contributed by atoms with Crippen LogP contribution in [0.25, 0.3) is 0 Å². The Kier molecular flexibility index (Phi) is 3.96. The molecule has 2 amide bonds. The Bertz CT molecular complexity index is 537. The molecule has 2 heterocycles. The smallest absolute Gasteiger partial charge is 0.244 e. The zero-order valence-corrected chi connectivity index (χ0v) is 12.2. The highest BCUT2D eigenvalue weighted by Gasteiger charge is 2.23. The summed E-state index contributed by atoms with van der Waals surface area (Å²) in [5.74, 6) is -0.122. The number of rotatable bonds is 2. The second kappa shape index (κ2) is 5.52. The lowest BCUT2D eigenvalue weighted by molar-refractivity contribution is -0.138. The van der Waals surface area contributed by atoms with E-state index in [1.165, 1.54) is 0 Å². The maximum absolute atomic E-state index is 12.3. The molecule has 110 valence electrons. The average Bonchev–Trinajstić information content (AvgIpc) is 2.56. The molecule has 2 N–H and O–H groups in total. The summed E-state index contributed by atoms with van der Waals surface area (Å²) in [5, 5.41) is 4.25. The largest absolute Gasteiger partial charge is 0.396 e. The van der Waals surface area contributed by atoms with Crippen molar-refractivity contribution in [3.63, 3.8) is 0 Å². The first-order valence-corrected chi connectivity index (χ1v) is 6.71. The van der Waals surface area contributed by atoms with E-state index in [1.807, 2.05) is 13.8 Å². The predicted molar refractivity (Wildman–Crippen MR) is 74.9 cm³/mol. The Morgan fingerprint density at radius 1 is 1.35 bits per heavy atom.